The number of rotatable bonds is 2. The van der Waals surface area contributed by atoms with Crippen LogP contribution in [-0.4, -0.2) is 33.4 Å². The van der Waals surface area contributed by atoms with Crippen molar-refractivity contribution in [3.05, 3.63) is 39.3 Å². The van der Waals surface area contributed by atoms with Crippen LogP contribution in [0.5, 0.6) is 0 Å². The maximum absolute atomic E-state index is 13.4. The zero-order valence-corrected chi connectivity index (χ0v) is 16.4. The van der Waals surface area contributed by atoms with Crippen LogP contribution in [-0.2, 0) is 11.0 Å². The number of aryl methyl sites for hydroxylation is 2. The molecule has 0 N–H and O–H groups in total. The van der Waals surface area contributed by atoms with Crippen LogP contribution in [0, 0.1) is 19.8 Å². The van der Waals surface area contributed by atoms with Gasteiger partial charge in [-0.05, 0) is 62.8 Å². The Morgan fingerprint density at radius 2 is 1.75 bits per heavy atom. The average molecular weight is 395 g/mol. The molecule has 1 aromatic carbocycles. The van der Waals surface area contributed by atoms with Crippen molar-refractivity contribution in [1.29, 1.82) is 0 Å². The highest BCUT2D eigenvalue weighted by Crippen LogP contribution is 2.29. The zero-order valence-electron chi connectivity index (χ0n) is 16.4. The number of fused-ring (bicyclic) bond motifs is 1. The first-order valence-corrected chi connectivity index (χ1v) is 9.40. The summed E-state index contributed by atoms with van der Waals surface area (Å²) in [6.45, 7) is 8.25. The lowest BCUT2D eigenvalue weighted by Crippen LogP contribution is -2.44. The Labute approximate surface area is 161 Å². The van der Waals surface area contributed by atoms with Gasteiger partial charge in [-0.15, -0.1) is 0 Å². The van der Waals surface area contributed by atoms with E-state index < -0.39 is 23.5 Å². The molecule has 152 valence electrons. The van der Waals surface area contributed by atoms with Gasteiger partial charge in [-0.2, -0.15) is 13.2 Å². The van der Waals surface area contributed by atoms with E-state index in [1.54, 1.807) is 24.8 Å². The number of hydrogen-bond donors (Lipinski definition) is 0. The second kappa shape index (κ2) is 7.22. The van der Waals surface area contributed by atoms with E-state index in [0.717, 1.165) is 28.5 Å². The Balaban J connectivity index is 2.17. The molecule has 1 atom stereocenters. The Bertz CT molecular complexity index is 973. The second-order valence-corrected chi connectivity index (χ2v) is 7.74. The molecule has 0 aliphatic carbocycles. The number of piperidine rings is 1. The molecule has 2 heterocycles. The Morgan fingerprint density at radius 1 is 1.18 bits per heavy atom. The van der Waals surface area contributed by atoms with Crippen molar-refractivity contribution in [2.45, 2.75) is 52.8 Å². The molecule has 1 amide bonds. The van der Waals surface area contributed by atoms with Crippen molar-refractivity contribution in [1.82, 2.24) is 14.5 Å². The Morgan fingerprint density at radius 3 is 2.32 bits per heavy atom. The molecule has 0 spiro atoms. The van der Waals surface area contributed by atoms with Crippen LogP contribution in [0.4, 0.5) is 13.2 Å². The molecular weight excluding hydrogens is 371 g/mol. The van der Waals surface area contributed by atoms with E-state index >= 15 is 0 Å². The number of benzene rings is 1. The van der Waals surface area contributed by atoms with Gasteiger partial charge >= 0.3 is 6.18 Å². The van der Waals surface area contributed by atoms with Crippen molar-refractivity contribution >= 4 is 16.9 Å². The highest BCUT2D eigenvalue weighted by Gasteiger charge is 2.39. The summed E-state index contributed by atoms with van der Waals surface area (Å²) in [6.07, 6.45) is -3.21. The van der Waals surface area contributed by atoms with E-state index in [1.807, 2.05) is 0 Å². The zero-order chi connectivity index (χ0) is 20.8. The monoisotopic (exact) mass is 395 g/mol. The number of hydrogen-bond acceptors (Lipinski definition) is 3. The Kier molecular flexibility index (Phi) is 5.25. The summed E-state index contributed by atoms with van der Waals surface area (Å²) in [5.41, 5.74) is -0.894. The van der Waals surface area contributed by atoms with Crippen LogP contribution < -0.4 is 5.56 Å². The summed E-state index contributed by atoms with van der Waals surface area (Å²) in [5.74, 6) is 0.166. The first-order chi connectivity index (χ1) is 13.0. The number of aromatic nitrogens is 2. The van der Waals surface area contributed by atoms with Gasteiger partial charge in [-0.3, -0.25) is 14.2 Å². The number of likely N-dealkylation sites (tertiary alicyclic amines) is 1. The smallest absolute Gasteiger partial charge is 0.341 e. The molecule has 28 heavy (non-hydrogen) atoms. The lowest BCUT2D eigenvalue weighted by Gasteiger charge is -2.33. The van der Waals surface area contributed by atoms with Gasteiger partial charge in [0, 0.05) is 13.1 Å². The number of nitrogens with zero attached hydrogens (tertiary/aromatic N) is 3. The van der Waals surface area contributed by atoms with E-state index in [1.165, 1.54) is 13.0 Å². The number of alkyl halides is 3. The third kappa shape index (κ3) is 3.64. The van der Waals surface area contributed by atoms with Gasteiger partial charge in [0.05, 0.1) is 11.0 Å². The molecule has 0 saturated carbocycles. The maximum Gasteiger partial charge on any atom is 0.438 e. The van der Waals surface area contributed by atoms with Crippen LogP contribution >= 0.6 is 0 Å². The van der Waals surface area contributed by atoms with Gasteiger partial charge in [0.15, 0.2) is 0 Å². The van der Waals surface area contributed by atoms with Crippen molar-refractivity contribution < 1.29 is 18.0 Å². The van der Waals surface area contributed by atoms with Crippen molar-refractivity contribution in [2.75, 3.05) is 13.1 Å². The highest BCUT2D eigenvalue weighted by atomic mass is 19.4. The van der Waals surface area contributed by atoms with Gasteiger partial charge in [0.2, 0.25) is 11.6 Å². The topological polar surface area (TPSA) is 55.2 Å². The predicted octanol–water partition coefficient (Wildman–Crippen LogP) is 3.85. The fraction of sp³-hybridized carbons (Fsp3) is 0.550. The van der Waals surface area contributed by atoms with Crippen molar-refractivity contribution in [3.63, 3.8) is 0 Å². The molecule has 3 rings (SSSR count). The first-order valence-electron chi connectivity index (χ1n) is 9.40. The number of carbonyl (C=O) groups excluding carboxylic acids is 1. The number of carbonyl (C=O) groups is 1. The summed E-state index contributed by atoms with van der Waals surface area (Å²) in [4.78, 5) is 30.9. The molecular formula is C20H24F3N3O2. The molecule has 1 fully saturated rings. The average Bonchev–Trinajstić information content (AvgIpc) is 2.61. The molecule has 1 aliphatic rings. The molecule has 0 unspecified atom stereocenters. The van der Waals surface area contributed by atoms with E-state index in [0.29, 0.717) is 19.0 Å². The van der Waals surface area contributed by atoms with Gasteiger partial charge in [0.1, 0.15) is 6.04 Å². The van der Waals surface area contributed by atoms with Crippen LogP contribution in [0.1, 0.15) is 49.6 Å². The highest BCUT2D eigenvalue weighted by molar-refractivity contribution is 5.84. The first kappa shape index (κ1) is 20.4. The second-order valence-electron chi connectivity index (χ2n) is 7.74. The van der Waals surface area contributed by atoms with Crippen molar-refractivity contribution in [2.24, 2.45) is 5.92 Å². The third-order valence-electron chi connectivity index (χ3n) is 5.61. The molecule has 1 aliphatic heterocycles. The van der Waals surface area contributed by atoms with Gasteiger partial charge < -0.3 is 4.90 Å². The minimum Gasteiger partial charge on any atom is -0.341 e. The molecule has 8 heteroatoms. The summed E-state index contributed by atoms with van der Waals surface area (Å²) in [7, 11) is 0. The van der Waals surface area contributed by atoms with Crippen LogP contribution in [0.3, 0.4) is 0 Å². The SMILES string of the molecule is Cc1cc2nc(C(F)(F)F)c(=O)n([C@H](C)C(=O)N3CCC(C)CC3)c2cc1C. The minimum absolute atomic E-state index is 0.0574. The van der Waals surface area contributed by atoms with E-state index in [9.17, 15) is 22.8 Å². The van der Waals surface area contributed by atoms with Crippen molar-refractivity contribution in [3.8, 4) is 0 Å². The Hall–Kier alpha value is -2.38. The molecule has 1 aromatic heterocycles. The van der Waals surface area contributed by atoms with Gasteiger partial charge in [0.25, 0.3) is 5.56 Å². The van der Waals surface area contributed by atoms with E-state index in [2.05, 4.69) is 11.9 Å². The molecule has 1 saturated heterocycles. The largest absolute Gasteiger partial charge is 0.438 e. The standard InChI is InChI=1S/C20H24F3N3O2/c1-11-5-7-25(8-6-11)18(27)14(4)26-16-10-13(3)12(2)9-15(16)24-17(19(26)28)20(21,22)23/h9-11,14H,5-8H2,1-4H3/t14-/m1/s1. The normalized spacial score (nSPS) is 17.2. The molecule has 2 aromatic rings. The van der Waals surface area contributed by atoms with Crippen LogP contribution in [0.25, 0.3) is 11.0 Å². The fourth-order valence-electron chi connectivity index (χ4n) is 3.63. The van der Waals surface area contributed by atoms with Crippen LogP contribution in [0.15, 0.2) is 16.9 Å². The lowest BCUT2D eigenvalue weighted by atomic mass is 9.98. The molecule has 0 bridgehead atoms. The molecule has 5 nitrogen and oxygen atoms in total. The van der Waals surface area contributed by atoms with E-state index in [-0.39, 0.29) is 16.9 Å². The quantitative estimate of drug-likeness (QED) is 0.776. The predicted molar refractivity (Wildman–Crippen MR) is 100 cm³/mol. The summed E-state index contributed by atoms with van der Waals surface area (Å²) < 4.78 is 41.2. The number of halogens is 3. The lowest BCUT2D eigenvalue weighted by molar-refractivity contribution is -0.143. The number of amides is 1. The summed E-state index contributed by atoms with van der Waals surface area (Å²) in [5, 5.41) is 0. The van der Waals surface area contributed by atoms with Crippen LogP contribution in [0.2, 0.25) is 0 Å². The summed E-state index contributed by atoms with van der Waals surface area (Å²) in [6, 6.07) is 2.10. The van der Waals surface area contributed by atoms with Gasteiger partial charge in [-0.1, -0.05) is 6.92 Å². The minimum atomic E-state index is -4.89. The van der Waals surface area contributed by atoms with Gasteiger partial charge in [-0.25, -0.2) is 4.98 Å². The molecule has 0 radical (unpaired) electrons. The van der Waals surface area contributed by atoms with E-state index in [4.69, 9.17) is 0 Å². The maximum atomic E-state index is 13.4. The fourth-order valence-corrected chi connectivity index (χ4v) is 3.63. The third-order valence-corrected chi connectivity index (χ3v) is 5.61. The summed E-state index contributed by atoms with van der Waals surface area (Å²) >= 11 is 0.